The van der Waals surface area contributed by atoms with E-state index in [4.69, 9.17) is 4.98 Å². The Balaban J connectivity index is 1.51. The summed E-state index contributed by atoms with van der Waals surface area (Å²) in [6, 6.07) is 17.2. The van der Waals surface area contributed by atoms with E-state index < -0.39 is 0 Å². The first-order valence-corrected chi connectivity index (χ1v) is 12.4. The maximum absolute atomic E-state index is 13.1. The molecule has 0 unspecified atom stereocenters. The Kier molecular flexibility index (Phi) is 7.01. The Morgan fingerprint density at radius 2 is 1.66 bits per heavy atom. The van der Waals surface area contributed by atoms with Crippen molar-refractivity contribution in [2.75, 3.05) is 13.1 Å². The van der Waals surface area contributed by atoms with E-state index >= 15 is 0 Å². The zero-order chi connectivity index (χ0) is 22.8. The largest absolute Gasteiger partial charge is 0.338 e. The molecule has 1 aromatic heterocycles. The van der Waals surface area contributed by atoms with Crippen LogP contribution in [-0.2, 0) is 11.3 Å². The molecule has 1 aliphatic heterocycles. The highest BCUT2D eigenvalue weighted by Gasteiger charge is 2.31. The average molecular weight is 497 g/mol. The predicted octanol–water partition coefficient (Wildman–Crippen LogP) is 5.65. The number of halogens is 1. The summed E-state index contributed by atoms with van der Waals surface area (Å²) in [6.45, 7) is 11.1. The van der Waals surface area contributed by atoms with Crippen LogP contribution in [0.25, 0.3) is 16.7 Å². The van der Waals surface area contributed by atoms with Crippen LogP contribution < -0.4 is 0 Å². The minimum Gasteiger partial charge on any atom is -0.338 e. The van der Waals surface area contributed by atoms with Gasteiger partial charge in [-0.1, -0.05) is 28.1 Å². The van der Waals surface area contributed by atoms with E-state index in [1.54, 1.807) is 0 Å². The zero-order valence-corrected chi connectivity index (χ0v) is 21.0. The molecule has 32 heavy (non-hydrogen) atoms. The molecule has 5 nitrogen and oxygen atoms in total. The van der Waals surface area contributed by atoms with Gasteiger partial charge in [0.05, 0.1) is 17.6 Å². The summed E-state index contributed by atoms with van der Waals surface area (Å²) in [5, 5.41) is 0. The van der Waals surface area contributed by atoms with E-state index in [1.807, 2.05) is 11.0 Å². The van der Waals surface area contributed by atoms with Crippen LogP contribution in [0.1, 0.15) is 46.4 Å². The zero-order valence-electron chi connectivity index (χ0n) is 19.5. The van der Waals surface area contributed by atoms with Crippen LogP contribution in [0.3, 0.4) is 0 Å². The number of piperidine rings is 1. The van der Waals surface area contributed by atoms with E-state index in [1.165, 1.54) is 0 Å². The van der Waals surface area contributed by atoms with Crippen LogP contribution in [-0.4, -0.2) is 50.4 Å². The van der Waals surface area contributed by atoms with Gasteiger partial charge in [0, 0.05) is 28.2 Å². The van der Waals surface area contributed by atoms with Gasteiger partial charge in [0.25, 0.3) is 0 Å². The molecular weight excluding hydrogens is 464 g/mol. The highest BCUT2D eigenvalue weighted by atomic mass is 79.9. The van der Waals surface area contributed by atoms with Gasteiger partial charge in [-0.05, 0) is 90.0 Å². The molecule has 0 atom stereocenters. The maximum Gasteiger partial charge on any atom is 0.226 e. The van der Waals surface area contributed by atoms with Crippen LogP contribution in [0.4, 0.5) is 0 Å². The molecule has 0 spiro atoms. The molecule has 0 radical (unpaired) electrons. The lowest BCUT2D eigenvalue weighted by atomic mass is 9.94. The molecular formula is C26H33BrN4O. The maximum atomic E-state index is 13.1. The summed E-state index contributed by atoms with van der Waals surface area (Å²) < 4.78 is 3.33. The van der Waals surface area contributed by atoms with Crippen molar-refractivity contribution in [3.05, 3.63) is 58.8 Å². The number of nitrogens with zero attached hydrogens (tertiary/aromatic N) is 4. The number of likely N-dealkylation sites (tertiary alicyclic amines) is 1. The second kappa shape index (κ2) is 9.75. The average Bonchev–Trinajstić information content (AvgIpc) is 3.12. The fraction of sp³-hybridized carbons (Fsp3) is 0.462. The predicted molar refractivity (Wildman–Crippen MR) is 134 cm³/mol. The standard InChI is InChI=1S/C26H33BrN4O/c1-18(2)30(19(3)4)26(32)20-13-15-29(16-14-20)17-25-28-23-7-5-6-8-24(23)31(25)22-11-9-21(27)10-12-22/h5-12,18-20H,13-17H2,1-4H3. The van der Waals surface area contributed by atoms with Crippen LogP contribution in [0, 0.1) is 5.92 Å². The Hall–Kier alpha value is -2.18. The number of rotatable bonds is 6. The molecule has 3 aromatic rings. The van der Waals surface area contributed by atoms with Gasteiger partial charge in [-0.3, -0.25) is 14.3 Å². The quantitative estimate of drug-likeness (QED) is 0.442. The highest BCUT2D eigenvalue weighted by Crippen LogP contribution is 2.27. The summed E-state index contributed by atoms with van der Waals surface area (Å²) in [5.41, 5.74) is 3.26. The van der Waals surface area contributed by atoms with Crippen molar-refractivity contribution in [1.29, 1.82) is 0 Å². The number of carbonyl (C=O) groups excluding carboxylic acids is 1. The van der Waals surface area contributed by atoms with E-state index in [0.717, 1.165) is 59.5 Å². The number of fused-ring (bicyclic) bond motifs is 1. The summed E-state index contributed by atoms with van der Waals surface area (Å²) in [4.78, 5) is 22.6. The van der Waals surface area contributed by atoms with Crippen LogP contribution >= 0.6 is 15.9 Å². The van der Waals surface area contributed by atoms with Crippen molar-refractivity contribution < 1.29 is 4.79 Å². The molecule has 1 saturated heterocycles. The van der Waals surface area contributed by atoms with Gasteiger partial charge in [-0.15, -0.1) is 0 Å². The molecule has 1 fully saturated rings. The van der Waals surface area contributed by atoms with Gasteiger partial charge >= 0.3 is 0 Å². The summed E-state index contributed by atoms with van der Waals surface area (Å²) in [6.07, 6.45) is 1.82. The van der Waals surface area contributed by atoms with Gasteiger partial charge in [0.2, 0.25) is 5.91 Å². The van der Waals surface area contributed by atoms with Crippen LogP contribution in [0.15, 0.2) is 53.0 Å². The lowest BCUT2D eigenvalue weighted by Crippen LogP contribution is -2.48. The number of imidazole rings is 1. The third-order valence-corrected chi connectivity index (χ3v) is 6.91. The summed E-state index contributed by atoms with van der Waals surface area (Å²) >= 11 is 3.54. The fourth-order valence-corrected chi connectivity index (χ4v) is 5.18. The highest BCUT2D eigenvalue weighted by molar-refractivity contribution is 9.10. The molecule has 4 rings (SSSR count). The molecule has 2 aromatic carbocycles. The molecule has 1 amide bonds. The van der Waals surface area contributed by atoms with Gasteiger partial charge in [0.1, 0.15) is 5.82 Å². The number of hydrogen-bond acceptors (Lipinski definition) is 3. The number of benzene rings is 2. The van der Waals surface area contributed by atoms with E-state index in [9.17, 15) is 4.79 Å². The normalized spacial score (nSPS) is 15.7. The van der Waals surface area contributed by atoms with Crippen LogP contribution in [0.5, 0.6) is 0 Å². The smallest absolute Gasteiger partial charge is 0.226 e. The van der Waals surface area contributed by atoms with Gasteiger partial charge < -0.3 is 4.90 Å². The number of para-hydroxylation sites is 2. The van der Waals surface area contributed by atoms with Crippen molar-refractivity contribution in [2.24, 2.45) is 5.92 Å². The van der Waals surface area contributed by atoms with E-state index in [-0.39, 0.29) is 18.0 Å². The Labute approximate surface area is 199 Å². The van der Waals surface area contributed by atoms with Crippen molar-refractivity contribution in [1.82, 2.24) is 19.4 Å². The van der Waals surface area contributed by atoms with Crippen molar-refractivity contribution >= 4 is 32.9 Å². The van der Waals surface area contributed by atoms with Crippen molar-refractivity contribution in [3.8, 4) is 5.69 Å². The van der Waals surface area contributed by atoms with E-state index in [0.29, 0.717) is 5.91 Å². The number of carbonyl (C=O) groups is 1. The summed E-state index contributed by atoms with van der Waals surface area (Å²) in [7, 11) is 0. The van der Waals surface area contributed by atoms with Crippen molar-refractivity contribution in [3.63, 3.8) is 0 Å². The van der Waals surface area contributed by atoms with E-state index in [2.05, 4.69) is 95.6 Å². The molecule has 0 bridgehead atoms. The summed E-state index contributed by atoms with van der Waals surface area (Å²) in [5.74, 6) is 1.49. The molecule has 1 aliphatic rings. The third-order valence-electron chi connectivity index (χ3n) is 6.38. The Bertz CT molecular complexity index is 1060. The second-order valence-electron chi connectivity index (χ2n) is 9.31. The molecule has 170 valence electrons. The Morgan fingerprint density at radius 1 is 1.03 bits per heavy atom. The molecule has 6 heteroatoms. The molecule has 0 saturated carbocycles. The molecule has 2 heterocycles. The lowest BCUT2D eigenvalue weighted by Gasteiger charge is -2.37. The number of aromatic nitrogens is 2. The number of hydrogen-bond donors (Lipinski definition) is 0. The molecule has 0 N–H and O–H groups in total. The minimum atomic E-state index is 0.126. The van der Waals surface area contributed by atoms with Gasteiger partial charge in [-0.2, -0.15) is 0 Å². The monoisotopic (exact) mass is 496 g/mol. The number of amides is 1. The Morgan fingerprint density at radius 3 is 2.28 bits per heavy atom. The first kappa shape index (κ1) is 23.0. The van der Waals surface area contributed by atoms with Crippen LogP contribution in [0.2, 0.25) is 0 Å². The van der Waals surface area contributed by atoms with Gasteiger partial charge in [0.15, 0.2) is 0 Å². The SMILES string of the molecule is CC(C)N(C(=O)C1CCN(Cc2nc3ccccc3n2-c2ccc(Br)cc2)CC1)C(C)C. The fourth-order valence-electron chi connectivity index (χ4n) is 4.91. The topological polar surface area (TPSA) is 41.4 Å². The van der Waals surface area contributed by atoms with Gasteiger partial charge in [-0.25, -0.2) is 4.98 Å². The minimum absolute atomic E-state index is 0.126. The first-order chi connectivity index (χ1) is 15.3. The van der Waals surface area contributed by atoms with Crippen molar-refractivity contribution in [2.45, 2.75) is 59.2 Å². The first-order valence-electron chi connectivity index (χ1n) is 11.6. The molecule has 0 aliphatic carbocycles. The lowest BCUT2D eigenvalue weighted by molar-refractivity contribution is -0.140. The third kappa shape index (κ3) is 4.76. The second-order valence-corrected chi connectivity index (χ2v) is 10.2.